The highest BCUT2D eigenvalue weighted by Gasteiger charge is 2.35. The van der Waals surface area contributed by atoms with Gasteiger partial charge in [-0.3, -0.25) is 4.79 Å². The maximum absolute atomic E-state index is 12.7. The van der Waals surface area contributed by atoms with Crippen LogP contribution in [-0.4, -0.2) is 34.5 Å². The number of rotatable bonds is 3. The third kappa shape index (κ3) is 6.25. The molecule has 7 unspecified atom stereocenters. The van der Waals surface area contributed by atoms with Crippen LogP contribution in [0.25, 0.3) is 0 Å². The summed E-state index contributed by atoms with van der Waals surface area (Å²) in [4.78, 5) is 12.7. The van der Waals surface area contributed by atoms with E-state index in [4.69, 9.17) is 4.74 Å². The van der Waals surface area contributed by atoms with E-state index in [2.05, 4.69) is 34.6 Å². The van der Waals surface area contributed by atoms with Crippen LogP contribution in [0.3, 0.4) is 0 Å². The molecule has 0 bridgehead atoms. The van der Waals surface area contributed by atoms with Crippen molar-refractivity contribution in [2.75, 3.05) is 0 Å². The molecule has 0 aromatic rings. The zero-order valence-electron chi connectivity index (χ0n) is 17.2. The Morgan fingerprint density at radius 2 is 1.60 bits per heavy atom. The average molecular weight is 357 g/mol. The molecule has 1 aliphatic rings. The lowest BCUT2D eigenvalue weighted by atomic mass is 9.71. The van der Waals surface area contributed by atoms with Crippen LogP contribution < -0.4 is 0 Å². The van der Waals surface area contributed by atoms with Crippen LogP contribution in [0.2, 0.25) is 0 Å². The van der Waals surface area contributed by atoms with Crippen molar-refractivity contribution in [3.63, 3.8) is 0 Å². The largest absolute Gasteiger partial charge is 0.462 e. The van der Waals surface area contributed by atoms with Gasteiger partial charge in [0.25, 0.3) is 0 Å². The fourth-order valence-electron chi connectivity index (χ4n) is 4.06. The number of hydrogen-bond acceptors (Lipinski definition) is 4. The Balaban J connectivity index is 3.03. The van der Waals surface area contributed by atoms with Crippen LogP contribution in [0.4, 0.5) is 0 Å². The lowest BCUT2D eigenvalue weighted by molar-refractivity contribution is -0.160. The van der Waals surface area contributed by atoms with E-state index in [-0.39, 0.29) is 23.7 Å². The normalized spacial score (nSPS) is 42.8. The van der Waals surface area contributed by atoms with Gasteiger partial charge in [-0.2, -0.15) is 0 Å². The minimum absolute atomic E-state index is 0.150. The lowest BCUT2D eigenvalue weighted by Crippen LogP contribution is -2.37. The minimum Gasteiger partial charge on any atom is -0.462 e. The summed E-state index contributed by atoms with van der Waals surface area (Å²) < 4.78 is 5.75. The molecule has 25 heavy (non-hydrogen) atoms. The first-order valence-corrected chi connectivity index (χ1v) is 10.1. The Bertz CT molecular complexity index is 411. The van der Waals surface area contributed by atoms with Gasteiger partial charge >= 0.3 is 5.97 Å². The van der Waals surface area contributed by atoms with Crippen LogP contribution in [0.1, 0.15) is 74.1 Å². The molecule has 1 aliphatic heterocycles. The number of cyclic esters (lactones) is 1. The first-order valence-electron chi connectivity index (χ1n) is 10.1. The Morgan fingerprint density at radius 3 is 2.16 bits per heavy atom. The van der Waals surface area contributed by atoms with Crippen LogP contribution in [0, 0.1) is 35.5 Å². The van der Waals surface area contributed by atoms with E-state index in [1.54, 1.807) is 0 Å². The van der Waals surface area contributed by atoms with E-state index in [1.807, 2.05) is 13.8 Å². The highest BCUT2D eigenvalue weighted by Crippen LogP contribution is 2.36. The van der Waals surface area contributed by atoms with Crippen molar-refractivity contribution in [2.45, 2.75) is 92.5 Å². The summed E-state index contributed by atoms with van der Waals surface area (Å²) in [6.45, 7) is 14.8. The van der Waals surface area contributed by atoms with Crippen molar-refractivity contribution in [3.8, 4) is 0 Å². The molecule has 0 aliphatic carbocycles. The lowest BCUT2D eigenvalue weighted by Gasteiger charge is -2.36. The number of ether oxygens (including phenoxy) is 1. The SMILES string of the molecule is CC[C@@H](O)CC1CC(O)C(C)CC(C)C(C)C(C)C(C)[C@@H](C)C(=O)O1. The van der Waals surface area contributed by atoms with Gasteiger partial charge in [-0.05, 0) is 42.4 Å². The summed E-state index contributed by atoms with van der Waals surface area (Å²) in [5.74, 6) is 1.38. The fourth-order valence-corrected chi connectivity index (χ4v) is 4.06. The first kappa shape index (κ1) is 22.4. The van der Waals surface area contributed by atoms with Gasteiger partial charge < -0.3 is 14.9 Å². The average Bonchev–Trinajstić information content (AvgIpc) is 2.57. The van der Waals surface area contributed by atoms with Crippen molar-refractivity contribution in [2.24, 2.45) is 35.5 Å². The number of carbonyl (C=O) groups is 1. The standard InChI is InChI=1S/C21H40O4/c1-8-18(22)10-19-11-20(23)13(3)9-12(2)14(4)15(5)16(6)17(7)21(24)25-19/h12-20,22-23H,8-11H2,1-7H3/t12?,13?,14?,15?,16?,17-,18-,19?,20?/m1/s1. The Hall–Kier alpha value is -0.610. The highest BCUT2D eigenvalue weighted by molar-refractivity contribution is 5.72. The second kappa shape index (κ2) is 9.91. The summed E-state index contributed by atoms with van der Waals surface area (Å²) in [5, 5.41) is 20.6. The molecule has 1 heterocycles. The molecule has 1 saturated heterocycles. The molecule has 0 radical (unpaired) electrons. The zero-order chi connectivity index (χ0) is 19.3. The first-order chi connectivity index (χ1) is 11.6. The number of aliphatic hydroxyl groups is 2. The molecule has 0 spiro atoms. The monoisotopic (exact) mass is 356 g/mol. The summed E-state index contributed by atoms with van der Waals surface area (Å²) in [6.07, 6.45) is 0.952. The quantitative estimate of drug-likeness (QED) is 0.749. The van der Waals surface area contributed by atoms with Crippen LogP contribution >= 0.6 is 0 Å². The molecule has 1 rings (SSSR count). The molecule has 9 atom stereocenters. The molecule has 2 N–H and O–H groups in total. The van der Waals surface area contributed by atoms with Gasteiger partial charge in [-0.25, -0.2) is 0 Å². The van der Waals surface area contributed by atoms with Gasteiger partial charge in [-0.15, -0.1) is 0 Å². The molecule has 148 valence electrons. The molecule has 0 aromatic heterocycles. The molecule has 4 heteroatoms. The van der Waals surface area contributed by atoms with E-state index < -0.39 is 18.3 Å². The molecule has 4 nitrogen and oxygen atoms in total. The summed E-state index contributed by atoms with van der Waals surface area (Å²) in [5.41, 5.74) is 0. The van der Waals surface area contributed by atoms with Gasteiger partial charge in [0.05, 0.1) is 18.1 Å². The van der Waals surface area contributed by atoms with E-state index >= 15 is 0 Å². The number of esters is 1. The van der Waals surface area contributed by atoms with Crippen molar-refractivity contribution in [1.82, 2.24) is 0 Å². The number of carbonyl (C=O) groups excluding carboxylic acids is 1. The Kier molecular flexibility index (Phi) is 8.90. The molecular formula is C21H40O4. The van der Waals surface area contributed by atoms with Crippen molar-refractivity contribution >= 4 is 5.97 Å². The molecular weight excluding hydrogens is 316 g/mol. The zero-order valence-corrected chi connectivity index (χ0v) is 17.2. The van der Waals surface area contributed by atoms with E-state index in [1.165, 1.54) is 0 Å². The van der Waals surface area contributed by atoms with Gasteiger partial charge in [0, 0.05) is 12.8 Å². The van der Waals surface area contributed by atoms with Crippen LogP contribution in [-0.2, 0) is 9.53 Å². The van der Waals surface area contributed by atoms with Crippen LogP contribution in [0.15, 0.2) is 0 Å². The predicted molar refractivity (Wildman–Crippen MR) is 101 cm³/mol. The van der Waals surface area contributed by atoms with Crippen LogP contribution in [0.5, 0.6) is 0 Å². The maximum atomic E-state index is 12.7. The molecule has 0 amide bonds. The smallest absolute Gasteiger partial charge is 0.309 e. The third-order valence-electron chi connectivity index (χ3n) is 6.91. The van der Waals surface area contributed by atoms with Gasteiger partial charge in [0.15, 0.2) is 0 Å². The molecule has 1 fully saturated rings. The minimum atomic E-state index is -0.515. The Morgan fingerprint density at radius 1 is 1.00 bits per heavy atom. The molecule has 0 aromatic carbocycles. The van der Waals surface area contributed by atoms with Gasteiger partial charge in [0.1, 0.15) is 6.10 Å². The van der Waals surface area contributed by atoms with Gasteiger partial charge in [-0.1, -0.05) is 48.5 Å². The number of hydrogen-bond donors (Lipinski definition) is 2. The fraction of sp³-hybridized carbons (Fsp3) is 0.952. The van der Waals surface area contributed by atoms with Crippen molar-refractivity contribution < 1.29 is 19.7 Å². The summed E-state index contributed by atoms with van der Waals surface area (Å²) in [7, 11) is 0. The third-order valence-corrected chi connectivity index (χ3v) is 6.91. The molecule has 0 saturated carbocycles. The van der Waals surface area contributed by atoms with Gasteiger partial charge in [0.2, 0.25) is 0 Å². The maximum Gasteiger partial charge on any atom is 0.309 e. The second-order valence-corrected chi connectivity index (χ2v) is 8.72. The Labute approximate surface area is 154 Å². The summed E-state index contributed by atoms with van der Waals surface area (Å²) in [6, 6.07) is 0. The second-order valence-electron chi connectivity index (χ2n) is 8.72. The predicted octanol–water partition coefficient (Wildman–Crippen LogP) is 4.03. The summed E-state index contributed by atoms with van der Waals surface area (Å²) >= 11 is 0. The van der Waals surface area contributed by atoms with E-state index in [0.29, 0.717) is 37.0 Å². The van der Waals surface area contributed by atoms with Crippen molar-refractivity contribution in [3.05, 3.63) is 0 Å². The topological polar surface area (TPSA) is 66.8 Å². The van der Waals surface area contributed by atoms with E-state index in [9.17, 15) is 15.0 Å². The van der Waals surface area contributed by atoms with Crippen molar-refractivity contribution in [1.29, 1.82) is 0 Å². The van der Waals surface area contributed by atoms with E-state index in [0.717, 1.165) is 6.42 Å². The highest BCUT2D eigenvalue weighted by atomic mass is 16.5. The number of aliphatic hydroxyl groups excluding tert-OH is 2.